The Morgan fingerprint density at radius 3 is 2.35 bits per heavy atom. The number of esters is 1. The number of rotatable bonds is 3. The molecule has 7 nitrogen and oxygen atoms in total. The van der Waals surface area contributed by atoms with Crippen LogP contribution in [-0.2, 0) is 4.74 Å². The van der Waals surface area contributed by atoms with Gasteiger partial charge in [-0.1, -0.05) is 24.0 Å². The van der Waals surface area contributed by atoms with Crippen molar-refractivity contribution in [1.82, 2.24) is 10.2 Å². The summed E-state index contributed by atoms with van der Waals surface area (Å²) in [6.07, 6.45) is 0. The minimum Gasteiger partial charge on any atom is -0.465 e. The maximum absolute atomic E-state index is 12.5. The number of amides is 2. The van der Waals surface area contributed by atoms with Crippen LogP contribution >= 0.6 is 0 Å². The molecule has 3 aliphatic rings. The lowest BCUT2D eigenvalue weighted by atomic mass is 9.74. The summed E-state index contributed by atoms with van der Waals surface area (Å²) in [5, 5.41) is 3.32. The number of ether oxygens (including phenoxy) is 1. The van der Waals surface area contributed by atoms with Crippen molar-refractivity contribution in [1.29, 1.82) is 0 Å². The van der Waals surface area contributed by atoms with Crippen molar-refractivity contribution in [2.45, 2.75) is 0 Å². The van der Waals surface area contributed by atoms with E-state index in [9.17, 15) is 14.4 Å². The number of benzene rings is 2. The molecule has 7 heteroatoms. The molecule has 0 unspecified atom stereocenters. The highest BCUT2D eigenvalue weighted by atomic mass is 16.5. The number of hydrogen-bond donors (Lipinski definition) is 1. The molecule has 1 N–H and O–H groups in total. The number of fused-ring (bicyclic) bond motifs is 1. The lowest BCUT2D eigenvalue weighted by molar-refractivity contribution is 0.0598. The minimum atomic E-state index is -0.472. The third-order valence-electron chi connectivity index (χ3n) is 6.16. The van der Waals surface area contributed by atoms with Crippen LogP contribution in [0.15, 0.2) is 42.5 Å². The van der Waals surface area contributed by atoms with E-state index < -0.39 is 5.97 Å². The first kappa shape index (κ1) is 19.3. The Balaban J connectivity index is 1.38. The van der Waals surface area contributed by atoms with Crippen molar-refractivity contribution in [2.75, 3.05) is 44.7 Å². The van der Waals surface area contributed by atoms with E-state index in [4.69, 9.17) is 4.74 Å². The van der Waals surface area contributed by atoms with Crippen molar-refractivity contribution in [3.05, 3.63) is 64.7 Å². The smallest absolute Gasteiger partial charge is 0.339 e. The topological polar surface area (TPSA) is 79.0 Å². The van der Waals surface area contributed by atoms with Crippen LogP contribution in [0.25, 0.3) is 0 Å². The summed E-state index contributed by atoms with van der Waals surface area (Å²) >= 11 is 0. The van der Waals surface area contributed by atoms with E-state index in [1.165, 1.54) is 7.11 Å². The summed E-state index contributed by atoms with van der Waals surface area (Å²) in [6.45, 7) is 3.97. The van der Waals surface area contributed by atoms with Crippen LogP contribution in [0.3, 0.4) is 0 Å². The van der Waals surface area contributed by atoms with Crippen LogP contribution < -0.4 is 10.2 Å². The SMILES string of the molecule is COC(=O)c1ccc(N2CC3(CNC3)C2)cc1C#CCN1C(=O)c2ccccc2C1=O. The monoisotopic (exact) mass is 415 g/mol. The molecular formula is C24H21N3O4. The van der Waals surface area contributed by atoms with E-state index >= 15 is 0 Å². The van der Waals surface area contributed by atoms with Gasteiger partial charge in [0.05, 0.1) is 30.3 Å². The van der Waals surface area contributed by atoms with Gasteiger partial charge in [-0.3, -0.25) is 14.5 Å². The first-order chi connectivity index (χ1) is 15.0. The van der Waals surface area contributed by atoms with Gasteiger partial charge in [-0.05, 0) is 30.3 Å². The fourth-order valence-corrected chi connectivity index (χ4v) is 4.37. The van der Waals surface area contributed by atoms with Crippen molar-refractivity contribution >= 4 is 23.5 Å². The highest BCUT2D eigenvalue weighted by Gasteiger charge is 2.47. The molecule has 2 amide bonds. The second kappa shape index (κ2) is 7.25. The van der Waals surface area contributed by atoms with Gasteiger partial charge in [-0.25, -0.2) is 4.79 Å². The maximum atomic E-state index is 12.5. The second-order valence-corrected chi connectivity index (χ2v) is 8.22. The van der Waals surface area contributed by atoms with Crippen LogP contribution in [-0.4, -0.2) is 62.5 Å². The fourth-order valence-electron chi connectivity index (χ4n) is 4.37. The van der Waals surface area contributed by atoms with Crippen molar-refractivity contribution < 1.29 is 19.1 Å². The molecule has 1 spiro atoms. The Morgan fingerprint density at radius 1 is 1.10 bits per heavy atom. The molecule has 2 aromatic carbocycles. The van der Waals surface area contributed by atoms with Crippen molar-refractivity contribution in [3.63, 3.8) is 0 Å². The van der Waals surface area contributed by atoms with Gasteiger partial charge in [-0.15, -0.1) is 0 Å². The molecule has 0 saturated carbocycles. The van der Waals surface area contributed by atoms with Gasteiger partial charge >= 0.3 is 5.97 Å². The lowest BCUT2D eigenvalue weighted by Crippen LogP contribution is -2.71. The molecule has 3 aliphatic heterocycles. The Kier molecular flexibility index (Phi) is 4.53. The molecule has 3 heterocycles. The van der Waals surface area contributed by atoms with Gasteiger partial charge in [0.2, 0.25) is 0 Å². The van der Waals surface area contributed by atoms with Gasteiger partial charge in [0.25, 0.3) is 11.8 Å². The first-order valence-electron chi connectivity index (χ1n) is 10.1. The van der Waals surface area contributed by atoms with E-state index in [1.54, 1.807) is 30.3 Å². The van der Waals surface area contributed by atoms with Crippen LogP contribution in [0.5, 0.6) is 0 Å². The normalized spacial score (nSPS) is 18.1. The first-order valence-corrected chi connectivity index (χ1v) is 10.1. The van der Waals surface area contributed by atoms with Crippen molar-refractivity contribution in [3.8, 4) is 11.8 Å². The molecule has 2 aromatic rings. The summed E-state index contributed by atoms with van der Waals surface area (Å²) < 4.78 is 4.89. The highest BCUT2D eigenvalue weighted by molar-refractivity contribution is 6.21. The minimum absolute atomic E-state index is 0.0460. The molecular weight excluding hydrogens is 394 g/mol. The molecule has 5 rings (SSSR count). The standard InChI is InChI=1S/C24H21N3O4/c1-31-23(30)18-9-8-17(26-14-24(15-26)12-25-13-24)11-16(18)5-4-10-27-21(28)19-6-2-3-7-20(19)22(27)29/h2-3,6-9,11,25H,10,12-15H2,1H3. The number of carbonyl (C=O) groups excluding carboxylic acids is 3. The fraction of sp³-hybridized carbons (Fsp3) is 0.292. The summed E-state index contributed by atoms with van der Waals surface area (Å²) in [7, 11) is 1.33. The van der Waals surface area contributed by atoms with Gasteiger partial charge in [-0.2, -0.15) is 0 Å². The van der Waals surface area contributed by atoms with Gasteiger partial charge < -0.3 is 15.0 Å². The third kappa shape index (κ3) is 3.16. The van der Waals surface area contributed by atoms with Crippen LogP contribution in [0.2, 0.25) is 0 Å². The summed E-state index contributed by atoms with van der Waals surface area (Å²) in [4.78, 5) is 40.6. The predicted octanol–water partition coefficient (Wildman–Crippen LogP) is 1.53. The number of nitrogens with one attached hydrogen (secondary N) is 1. The summed E-state index contributed by atoms with van der Waals surface area (Å²) in [5.41, 5.74) is 3.04. The zero-order chi connectivity index (χ0) is 21.6. The molecule has 0 atom stereocenters. The molecule has 31 heavy (non-hydrogen) atoms. The molecule has 0 aromatic heterocycles. The number of imide groups is 1. The molecule has 0 aliphatic carbocycles. The zero-order valence-electron chi connectivity index (χ0n) is 17.1. The average molecular weight is 415 g/mol. The van der Waals surface area contributed by atoms with Gasteiger partial charge in [0, 0.05) is 42.8 Å². The third-order valence-corrected chi connectivity index (χ3v) is 6.16. The average Bonchev–Trinajstić information content (AvgIpc) is 2.96. The number of anilines is 1. The Hall–Kier alpha value is -3.63. The Morgan fingerprint density at radius 2 is 1.77 bits per heavy atom. The maximum Gasteiger partial charge on any atom is 0.339 e. The van der Waals surface area contributed by atoms with Gasteiger partial charge in [0.1, 0.15) is 0 Å². The van der Waals surface area contributed by atoms with Crippen LogP contribution in [0, 0.1) is 17.3 Å². The van der Waals surface area contributed by atoms with Gasteiger partial charge in [0.15, 0.2) is 0 Å². The van der Waals surface area contributed by atoms with E-state index in [2.05, 4.69) is 22.1 Å². The molecule has 0 bridgehead atoms. The molecule has 156 valence electrons. The summed E-state index contributed by atoms with van der Waals surface area (Å²) in [6, 6.07) is 12.2. The van der Waals surface area contributed by atoms with E-state index in [0.29, 0.717) is 27.7 Å². The van der Waals surface area contributed by atoms with E-state index in [-0.39, 0.29) is 18.4 Å². The Bertz CT molecular complexity index is 1130. The van der Waals surface area contributed by atoms with E-state index in [0.717, 1.165) is 36.8 Å². The highest BCUT2D eigenvalue weighted by Crippen LogP contribution is 2.37. The van der Waals surface area contributed by atoms with Crippen LogP contribution in [0.1, 0.15) is 36.6 Å². The Labute approximate surface area is 180 Å². The van der Waals surface area contributed by atoms with E-state index in [1.807, 2.05) is 12.1 Å². The predicted molar refractivity (Wildman–Crippen MR) is 114 cm³/mol. The molecule has 0 radical (unpaired) electrons. The number of hydrogen-bond acceptors (Lipinski definition) is 6. The zero-order valence-corrected chi connectivity index (χ0v) is 17.1. The molecule has 2 fully saturated rings. The second-order valence-electron chi connectivity index (χ2n) is 8.22. The largest absolute Gasteiger partial charge is 0.465 e. The lowest BCUT2D eigenvalue weighted by Gasteiger charge is -2.57. The molecule has 2 saturated heterocycles. The number of methoxy groups -OCH3 is 1. The van der Waals surface area contributed by atoms with Crippen molar-refractivity contribution in [2.24, 2.45) is 5.41 Å². The number of nitrogens with zero attached hydrogens (tertiary/aromatic N) is 2. The summed E-state index contributed by atoms with van der Waals surface area (Å²) in [5.74, 6) is 4.70. The number of carbonyl (C=O) groups is 3. The van der Waals surface area contributed by atoms with Crippen LogP contribution in [0.4, 0.5) is 5.69 Å². The quantitative estimate of drug-likeness (QED) is 0.465.